The highest BCUT2D eigenvalue weighted by molar-refractivity contribution is 5.70. The van der Waals surface area contributed by atoms with E-state index in [2.05, 4.69) is 16.6 Å². The van der Waals surface area contributed by atoms with Crippen molar-refractivity contribution in [3.63, 3.8) is 0 Å². The van der Waals surface area contributed by atoms with Gasteiger partial charge in [-0.25, -0.2) is 4.79 Å². The van der Waals surface area contributed by atoms with E-state index < -0.39 is 64.6 Å². The number of rotatable bonds is 5. The molecule has 2 N–H and O–H groups in total. The van der Waals surface area contributed by atoms with Crippen molar-refractivity contribution < 1.29 is 55.9 Å². The molecule has 3 saturated carbocycles. The van der Waals surface area contributed by atoms with Crippen LogP contribution in [0.1, 0.15) is 89.2 Å². The van der Waals surface area contributed by atoms with E-state index in [9.17, 15) is 28.2 Å². The molecule has 12 heteroatoms. The fraction of sp³-hybridized carbons (Fsp3) is 0.703. The van der Waals surface area contributed by atoms with Gasteiger partial charge < -0.3 is 29.2 Å². The average molecular weight is 697 g/mol. The Morgan fingerprint density at radius 3 is 2.31 bits per heavy atom. The molecule has 49 heavy (non-hydrogen) atoms. The molecule has 7 nitrogen and oxygen atoms in total. The van der Waals surface area contributed by atoms with Crippen molar-refractivity contribution in [2.24, 2.45) is 22.7 Å². The van der Waals surface area contributed by atoms with Gasteiger partial charge in [-0.1, -0.05) is 50.3 Å². The molecular weight excluding hydrogens is 651 g/mol. The molecule has 4 aliphatic carbocycles. The Bertz CT molecular complexity index is 1530. The number of carbonyl (C=O) groups excluding carboxylic acids is 1. The lowest BCUT2D eigenvalue weighted by Crippen LogP contribution is -2.65. The molecule has 5 unspecified atom stereocenters. The number of aliphatic hydroxyl groups is 2. The van der Waals surface area contributed by atoms with Crippen molar-refractivity contribution in [3.8, 4) is 11.8 Å². The largest absolute Gasteiger partial charge is 0.467 e. The van der Waals surface area contributed by atoms with Crippen LogP contribution in [0, 0.1) is 34.5 Å². The minimum absolute atomic E-state index is 0.0169. The molecule has 0 radical (unpaired) electrons. The standard InChI is InChI=1S/C37H45F5O7/c1-31(2)21-48-34(49-22-31)15-12-28-30-25(11-14-33(28,44)20-34)27-13-16-35(45,36(38,39)37(40,41)42)32(27,3)18-26(30)24-9-7-23(8-10-24)6-5-17-47-19-29(43)46-4/h7-10,25-27,44-45H,11-22H2,1-4H3/t25?,26-,27?,32?,33?,35?/m1/s1. The van der Waals surface area contributed by atoms with Gasteiger partial charge in [0.15, 0.2) is 5.79 Å². The minimum atomic E-state index is -5.92. The number of hydrogen-bond acceptors (Lipinski definition) is 7. The average Bonchev–Trinajstić information content (AvgIpc) is 3.32. The normalized spacial score (nSPS) is 35.1. The van der Waals surface area contributed by atoms with Crippen molar-refractivity contribution in [2.75, 3.05) is 33.5 Å². The van der Waals surface area contributed by atoms with Gasteiger partial charge in [-0.15, -0.1) is 0 Å². The number of alkyl halides is 5. The van der Waals surface area contributed by atoms with Crippen LogP contribution in [0.25, 0.3) is 0 Å². The third-order valence-corrected chi connectivity index (χ3v) is 12.1. The number of halogens is 5. The van der Waals surface area contributed by atoms with E-state index in [0.717, 1.165) is 11.1 Å². The van der Waals surface area contributed by atoms with E-state index in [1.54, 1.807) is 24.3 Å². The van der Waals surface area contributed by atoms with Crippen LogP contribution < -0.4 is 0 Å². The Balaban J connectivity index is 1.38. The first kappa shape index (κ1) is 36.2. The molecule has 1 aromatic rings. The summed E-state index contributed by atoms with van der Waals surface area (Å²) >= 11 is 0. The van der Waals surface area contributed by atoms with Gasteiger partial charge in [0.25, 0.3) is 0 Å². The van der Waals surface area contributed by atoms with Crippen LogP contribution in [0.3, 0.4) is 0 Å². The zero-order chi connectivity index (χ0) is 35.7. The van der Waals surface area contributed by atoms with Crippen LogP contribution in [0.2, 0.25) is 0 Å². The molecule has 4 fully saturated rings. The molecule has 270 valence electrons. The van der Waals surface area contributed by atoms with Gasteiger partial charge in [0.2, 0.25) is 0 Å². The zero-order valence-corrected chi connectivity index (χ0v) is 28.4. The topological polar surface area (TPSA) is 94.5 Å². The van der Waals surface area contributed by atoms with Crippen molar-refractivity contribution in [3.05, 3.63) is 46.5 Å². The van der Waals surface area contributed by atoms with Gasteiger partial charge in [-0.3, -0.25) is 0 Å². The van der Waals surface area contributed by atoms with Crippen LogP contribution in [0.15, 0.2) is 35.4 Å². The van der Waals surface area contributed by atoms with E-state index in [0.29, 0.717) is 43.6 Å². The van der Waals surface area contributed by atoms with Gasteiger partial charge in [0.1, 0.15) is 18.8 Å². The third-order valence-electron chi connectivity index (χ3n) is 12.1. The molecule has 5 aliphatic rings. The molecule has 1 heterocycles. The predicted molar refractivity (Wildman–Crippen MR) is 167 cm³/mol. The van der Waals surface area contributed by atoms with E-state index in [1.807, 2.05) is 13.8 Å². The highest BCUT2D eigenvalue weighted by Gasteiger charge is 2.79. The summed E-state index contributed by atoms with van der Waals surface area (Å²) in [6, 6.07) is 7.03. The molecule has 0 bridgehead atoms. The molecule has 1 aliphatic heterocycles. The second-order valence-corrected chi connectivity index (χ2v) is 15.7. The van der Waals surface area contributed by atoms with Crippen molar-refractivity contribution >= 4 is 5.97 Å². The van der Waals surface area contributed by atoms with Crippen LogP contribution in [-0.2, 0) is 23.7 Å². The fourth-order valence-electron chi connectivity index (χ4n) is 9.49. The molecule has 1 spiro atoms. The van der Waals surface area contributed by atoms with Crippen LogP contribution in [0.5, 0.6) is 0 Å². The second kappa shape index (κ2) is 12.3. The summed E-state index contributed by atoms with van der Waals surface area (Å²) < 4.78 is 94.8. The quantitative estimate of drug-likeness (QED) is 0.120. The Labute approximate surface area is 283 Å². The van der Waals surface area contributed by atoms with Crippen LogP contribution in [0.4, 0.5) is 22.0 Å². The van der Waals surface area contributed by atoms with Gasteiger partial charge in [0.05, 0.1) is 25.9 Å². The number of fused-ring (bicyclic) bond motifs is 4. The molecule has 1 aromatic carbocycles. The van der Waals surface area contributed by atoms with E-state index in [1.165, 1.54) is 14.0 Å². The Morgan fingerprint density at radius 1 is 1.00 bits per heavy atom. The van der Waals surface area contributed by atoms with Gasteiger partial charge in [-0.05, 0) is 73.6 Å². The number of allylic oxidation sites excluding steroid dienone is 1. The van der Waals surface area contributed by atoms with Crippen LogP contribution >= 0.6 is 0 Å². The molecule has 6 rings (SSSR count). The molecule has 0 aromatic heterocycles. The first-order valence-corrected chi connectivity index (χ1v) is 16.9. The van der Waals surface area contributed by atoms with Gasteiger partial charge >= 0.3 is 18.1 Å². The Morgan fingerprint density at radius 2 is 1.67 bits per heavy atom. The summed E-state index contributed by atoms with van der Waals surface area (Å²) in [7, 11) is 1.25. The summed E-state index contributed by atoms with van der Waals surface area (Å²) in [4.78, 5) is 11.2. The molecule has 0 amide bonds. The summed E-state index contributed by atoms with van der Waals surface area (Å²) in [6.45, 7) is 6.16. The highest BCUT2D eigenvalue weighted by atomic mass is 19.4. The highest BCUT2D eigenvalue weighted by Crippen LogP contribution is 2.71. The Hall–Kier alpha value is -2.56. The Kier molecular flexibility index (Phi) is 9.09. The van der Waals surface area contributed by atoms with E-state index >= 15 is 8.78 Å². The van der Waals surface area contributed by atoms with E-state index in [-0.39, 0.29) is 44.3 Å². The molecular formula is C37H45F5O7. The maximum atomic E-state index is 15.4. The monoisotopic (exact) mass is 696 g/mol. The fourth-order valence-corrected chi connectivity index (χ4v) is 9.49. The summed E-state index contributed by atoms with van der Waals surface area (Å²) in [6.07, 6.45) is -4.95. The third kappa shape index (κ3) is 6.01. The maximum absolute atomic E-state index is 15.4. The molecule has 1 saturated heterocycles. The lowest BCUT2D eigenvalue weighted by Gasteiger charge is -2.59. The minimum Gasteiger partial charge on any atom is -0.467 e. The first-order valence-electron chi connectivity index (χ1n) is 16.9. The summed E-state index contributed by atoms with van der Waals surface area (Å²) in [5, 5.41) is 23.9. The summed E-state index contributed by atoms with van der Waals surface area (Å²) in [5.41, 5.74) is -3.57. The van der Waals surface area contributed by atoms with Crippen LogP contribution in [-0.4, -0.2) is 78.8 Å². The van der Waals surface area contributed by atoms with Crippen molar-refractivity contribution in [1.29, 1.82) is 0 Å². The zero-order valence-electron chi connectivity index (χ0n) is 28.4. The number of carbonyl (C=O) groups is 1. The summed E-state index contributed by atoms with van der Waals surface area (Å²) in [5.74, 6) is -2.72. The second-order valence-electron chi connectivity index (χ2n) is 15.7. The molecule has 6 atom stereocenters. The lowest BCUT2D eigenvalue weighted by atomic mass is 9.49. The number of benzene rings is 1. The first-order chi connectivity index (χ1) is 22.8. The number of ether oxygens (including phenoxy) is 4. The van der Waals surface area contributed by atoms with Gasteiger partial charge in [0, 0.05) is 35.2 Å². The van der Waals surface area contributed by atoms with Crippen molar-refractivity contribution in [2.45, 2.75) is 107 Å². The number of methoxy groups -OCH3 is 1. The maximum Gasteiger partial charge on any atom is 0.456 e. The van der Waals surface area contributed by atoms with Gasteiger partial charge in [-0.2, -0.15) is 22.0 Å². The predicted octanol–water partition coefficient (Wildman–Crippen LogP) is 6.45. The number of hydrogen-bond donors (Lipinski definition) is 2. The lowest BCUT2D eigenvalue weighted by molar-refractivity contribution is -0.362. The SMILES string of the molecule is COC(=O)COCC#Cc1ccc([C@H]2CC3(C)C(CCC3(O)C(F)(F)C(F)(F)F)C3CCC4(O)CC5(CCC4=C32)OCC(C)(C)CO5)cc1. The number of esters is 1. The van der Waals surface area contributed by atoms with E-state index in [4.69, 9.17) is 14.2 Å². The van der Waals surface area contributed by atoms with Crippen molar-refractivity contribution in [1.82, 2.24) is 0 Å². The smallest absolute Gasteiger partial charge is 0.456 e.